The van der Waals surface area contributed by atoms with Crippen LogP contribution in [0.4, 0.5) is 0 Å². The zero-order chi connectivity index (χ0) is 23.8. The number of methoxy groups -OCH3 is 1. The quantitative estimate of drug-likeness (QED) is 0.220. The third-order valence-electron chi connectivity index (χ3n) is 4.27. The van der Waals surface area contributed by atoms with Gasteiger partial charge in [-0.25, -0.2) is 28.9 Å². The van der Waals surface area contributed by atoms with Crippen LogP contribution in [0.15, 0.2) is 49.3 Å². The molecule has 4 aromatic heterocycles. The van der Waals surface area contributed by atoms with E-state index in [2.05, 4.69) is 34.9 Å². The molecular formula is C21H25LiN8O6. The van der Waals surface area contributed by atoms with E-state index in [1.54, 1.807) is 17.1 Å². The Labute approximate surface area is 218 Å². The van der Waals surface area contributed by atoms with Gasteiger partial charge in [0.1, 0.15) is 12.7 Å². The summed E-state index contributed by atoms with van der Waals surface area (Å²) in [6, 6.07) is 7.70. The van der Waals surface area contributed by atoms with E-state index < -0.39 is 11.9 Å². The van der Waals surface area contributed by atoms with Gasteiger partial charge in [-0.1, -0.05) is 12.1 Å². The number of carboxylic acid groups (broad SMARTS) is 1. The molecule has 186 valence electrons. The molecule has 14 nitrogen and oxygen atoms in total. The fourth-order valence-corrected chi connectivity index (χ4v) is 2.58. The summed E-state index contributed by atoms with van der Waals surface area (Å²) in [5.41, 5.74) is 3.85. The van der Waals surface area contributed by atoms with E-state index in [9.17, 15) is 9.59 Å². The summed E-state index contributed by atoms with van der Waals surface area (Å²) in [5.74, 6) is -1.79. The number of aryl methyl sites for hydroxylation is 2. The molecule has 0 radical (unpaired) electrons. The van der Waals surface area contributed by atoms with E-state index in [1.165, 1.54) is 24.4 Å². The van der Waals surface area contributed by atoms with Crippen LogP contribution >= 0.6 is 0 Å². The molecule has 0 atom stereocenters. The number of carbonyl (C=O) groups is 2. The molecule has 0 saturated carbocycles. The van der Waals surface area contributed by atoms with Gasteiger partial charge in [-0.15, -0.1) is 10.2 Å². The van der Waals surface area contributed by atoms with Crippen molar-refractivity contribution in [1.29, 1.82) is 0 Å². The fraction of sp³-hybridized carbons (Fsp3) is 0.238. The number of aromatic carboxylic acids is 1. The number of rotatable bonds is 6. The second-order valence-electron chi connectivity index (χ2n) is 6.94. The van der Waals surface area contributed by atoms with Crippen molar-refractivity contribution >= 4 is 11.9 Å². The van der Waals surface area contributed by atoms with Gasteiger partial charge in [0, 0.05) is 23.8 Å². The maximum absolute atomic E-state index is 11.2. The van der Waals surface area contributed by atoms with Gasteiger partial charge in [-0.05, 0) is 37.1 Å². The zero-order valence-electron chi connectivity index (χ0n) is 20.2. The minimum atomic E-state index is -1.12. The molecule has 0 aliphatic carbocycles. The third-order valence-corrected chi connectivity index (χ3v) is 4.27. The Balaban J connectivity index is 0.000000629. The molecule has 4 aromatic rings. The van der Waals surface area contributed by atoms with Crippen LogP contribution in [0.2, 0.25) is 0 Å². The van der Waals surface area contributed by atoms with Gasteiger partial charge in [-0.2, -0.15) is 0 Å². The molecule has 0 saturated heterocycles. The zero-order valence-corrected chi connectivity index (χ0v) is 20.2. The second kappa shape index (κ2) is 15.1. The molecule has 0 fully saturated rings. The Hall–Kier alpha value is -3.96. The molecule has 36 heavy (non-hydrogen) atoms. The largest absolute Gasteiger partial charge is 1.00 e. The summed E-state index contributed by atoms with van der Waals surface area (Å²) in [5, 5.41) is 16.5. The number of hydrogen-bond donors (Lipinski definition) is 1. The van der Waals surface area contributed by atoms with Crippen molar-refractivity contribution in [3.8, 4) is 0 Å². The molecule has 0 unspecified atom stereocenters. The van der Waals surface area contributed by atoms with Crippen molar-refractivity contribution < 1.29 is 49.2 Å². The minimum Gasteiger partial charge on any atom is -0.870 e. The molecule has 4 rings (SSSR count). The standard InChI is InChI=1S/C11H12N4O2.C10H10N4O2.Li.2H2O/c1-8-3-4-9(5-12-8)6-15-7-13-10(14-15)11(16)17-2;1-7-2-3-8(4-11-7)5-14-6-12-9(13-14)10(15)16;;;/h3-5,7H,6H2,1-2H3;2-4,6H,5H2,1H3,(H,15,16);;2*1H2/q;;+1;;/p-1. The number of hydrogen-bond acceptors (Lipinski definition) is 10. The number of carboxylic acids is 1. The smallest absolute Gasteiger partial charge is 0.870 e. The molecule has 0 aromatic carbocycles. The summed E-state index contributed by atoms with van der Waals surface area (Å²) >= 11 is 0. The van der Waals surface area contributed by atoms with Crippen molar-refractivity contribution in [3.05, 3.63) is 83.5 Å². The monoisotopic (exact) mass is 492 g/mol. The first-order valence-electron chi connectivity index (χ1n) is 9.77. The molecule has 0 amide bonds. The Morgan fingerprint density at radius 2 is 1.28 bits per heavy atom. The van der Waals surface area contributed by atoms with Crippen molar-refractivity contribution in [1.82, 2.24) is 39.5 Å². The molecule has 0 bridgehead atoms. The van der Waals surface area contributed by atoms with Crippen molar-refractivity contribution in [2.75, 3.05) is 7.11 Å². The number of aromatic nitrogens is 8. The second-order valence-corrected chi connectivity index (χ2v) is 6.94. The molecule has 0 aliphatic heterocycles. The van der Waals surface area contributed by atoms with Gasteiger partial charge < -0.3 is 20.8 Å². The average molecular weight is 492 g/mol. The molecule has 0 spiro atoms. The fourth-order valence-electron chi connectivity index (χ4n) is 2.58. The van der Waals surface area contributed by atoms with E-state index in [-0.39, 0.29) is 41.5 Å². The Bertz CT molecular complexity index is 1230. The topological polar surface area (TPSA) is 212 Å². The van der Waals surface area contributed by atoms with Crippen molar-refractivity contribution in [3.63, 3.8) is 0 Å². The maximum atomic E-state index is 11.2. The van der Waals surface area contributed by atoms with E-state index in [0.29, 0.717) is 13.1 Å². The summed E-state index contributed by atoms with van der Waals surface area (Å²) < 4.78 is 7.56. The van der Waals surface area contributed by atoms with Crippen LogP contribution in [-0.4, -0.2) is 74.6 Å². The van der Waals surface area contributed by atoms with Gasteiger partial charge in [0.15, 0.2) is 0 Å². The van der Waals surface area contributed by atoms with Gasteiger partial charge in [0.05, 0.1) is 20.2 Å². The molecule has 0 aliphatic rings. The summed E-state index contributed by atoms with van der Waals surface area (Å²) in [7, 11) is 1.30. The van der Waals surface area contributed by atoms with Crippen molar-refractivity contribution in [2.45, 2.75) is 26.9 Å². The van der Waals surface area contributed by atoms with Crippen molar-refractivity contribution in [2.24, 2.45) is 0 Å². The van der Waals surface area contributed by atoms with E-state index in [4.69, 9.17) is 5.11 Å². The molecular weight excluding hydrogens is 467 g/mol. The Morgan fingerprint density at radius 1 is 0.833 bits per heavy atom. The number of esters is 1. The van der Waals surface area contributed by atoms with Gasteiger partial charge in [0.25, 0.3) is 11.6 Å². The van der Waals surface area contributed by atoms with Crippen LogP contribution < -0.4 is 18.9 Å². The average Bonchev–Trinajstić information content (AvgIpc) is 3.47. The van der Waals surface area contributed by atoms with Crippen LogP contribution in [0.3, 0.4) is 0 Å². The predicted octanol–water partition coefficient (Wildman–Crippen LogP) is -2.45. The van der Waals surface area contributed by atoms with Crippen LogP contribution in [0, 0.1) is 13.8 Å². The Morgan fingerprint density at radius 3 is 1.64 bits per heavy atom. The number of nitrogens with zero attached hydrogens (tertiary/aromatic N) is 8. The SMILES string of the molecule is COC(=O)c1ncn(Cc2ccc(C)nc2)n1.Cc1ccc(Cn2cnc(C(=O)O)n2)cn1.O.[Li+].[OH-]. The van der Waals surface area contributed by atoms with Gasteiger partial charge in [0.2, 0.25) is 0 Å². The summed E-state index contributed by atoms with van der Waals surface area (Å²) in [4.78, 5) is 37.6. The van der Waals surface area contributed by atoms with Crippen LogP contribution in [-0.2, 0) is 17.8 Å². The predicted molar refractivity (Wildman–Crippen MR) is 120 cm³/mol. The first-order chi connectivity index (χ1) is 15.8. The van der Waals surface area contributed by atoms with E-state index in [0.717, 1.165) is 22.5 Å². The minimum absolute atomic E-state index is 0. The van der Waals surface area contributed by atoms with Gasteiger partial charge in [-0.3, -0.25) is 9.97 Å². The molecule has 4 N–H and O–H groups in total. The summed E-state index contributed by atoms with van der Waals surface area (Å²) in [6.45, 7) is 4.82. The maximum Gasteiger partial charge on any atom is 1.00 e. The molecule has 15 heteroatoms. The van der Waals surface area contributed by atoms with E-state index >= 15 is 0 Å². The summed E-state index contributed by atoms with van der Waals surface area (Å²) in [6.07, 6.45) is 6.39. The normalized spacial score (nSPS) is 9.42. The first-order valence-corrected chi connectivity index (χ1v) is 9.77. The van der Waals surface area contributed by atoms with Crippen LogP contribution in [0.25, 0.3) is 0 Å². The third kappa shape index (κ3) is 9.35. The van der Waals surface area contributed by atoms with E-state index in [1.807, 2.05) is 38.1 Å². The van der Waals surface area contributed by atoms with Crippen LogP contribution in [0.5, 0.6) is 0 Å². The van der Waals surface area contributed by atoms with Gasteiger partial charge >= 0.3 is 30.8 Å². The molecule has 4 heterocycles. The van der Waals surface area contributed by atoms with Crippen LogP contribution in [0.1, 0.15) is 43.8 Å². The first kappa shape index (κ1) is 32.0. The number of pyridine rings is 2. The number of carbonyl (C=O) groups excluding carboxylic acids is 1. The number of ether oxygens (including phenoxy) is 1. The Kier molecular flexibility index (Phi) is 13.5.